The Balaban J connectivity index is 1.14. The van der Waals surface area contributed by atoms with Gasteiger partial charge in [0.1, 0.15) is 5.00 Å². The molecule has 0 fully saturated rings. The first-order valence-corrected chi connectivity index (χ1v) is 17.0. The van der Waals surface area contributed by atoms with E-state index < -0.39 is 11.2 Å². The Morgan fingerprint density at radius 1 is 0.913 bits per heavy atom. The summed E-state index contributed by atoms with van der Waals surface area (Å²) in [6, 6.07) is 31.4. The lowest BCUT2D eigenvalue weighted by Gasteiger charge is -2.27. The van der Waals surface area contributed by atoms with Crippen LogP contribution >= 0.6 is 23.1 Å². The number of amides is 2. The Kier molecular flexibility index (Phi) is 9.82. The second-order valence-corrected chi connectivity index (χ2v) is 13.6. The van der Waals surface area contributed by atoms with Gasteiger partial charge < -0.3 is 15.4 Å². The van der Waals surface area contributed by atoms with E-state index in [1.54, 1.807) is 0 Å². The van der Waals surface area contributed by atoms with Crippen molar-refractivity contribution in [3.05, 3.63) is 124 Å². The minimum Gasteiger partial charge on any atom is -0.465 e. The monoisotopic (exact) mass is 649 g/mol. The molecule has 0 saturated heterocycles. The summed E-state index contributed by atoms with van der Waals surface area (Å²) in [7, 11) is 1.37. The zero-order chi connectivity index (χ0) is 32.0. The molecule has 1 aliphatic heterocycles. The van der Waals surface area contributed by atoms with Crippen LogP contribution in [0, 0.1) is 0 Å². The van der Waals surface area contributed by atoms with Crippen LogP contribution in [-0.2, 0) is 29.0 Å². The van der Waals surface area contributed by atoms with E-state index in [9.17, 15) is 14.4 Å². The molecule has 1 aromatic heterocycles. The lowest BCUT2D eigenvalue weighted by Crippen LogP contribution is -2.30. The van der Waals surface area contributed by atoms with E-state index in [-0.39, 0.29) is 11.8 Å². The first-order chi connectivity index (χ1) is 22.4. The Hall–Kier alpha value is -4.44. The Labute approximate surface area is 277 Å². The average Bonchev–Trinajstić information content (AvgIpc) is 3.44. The van der Waals surface area contributed by atoms with Gasteiger partial charge in [-0.05, 0) is 65.1 Å². The van der Waals surface area contributed by atoms with Crippen LogP contribution in [-0.4, -0.2) is 41.6 Å². The smallest absolute Gasteiger partial charge is 0.341 e. The molecule has 46 heavy (non-hydrogen) atoms. The summed E-state index contributed by atoms with van der Waals surface area (Å²) >= 11 is 2.89. The summed E-state index contributed by atoms with van der Waals surface area (Å²) < 4.78 is 5.15. The van der Waals surface area contributed by atoms with Crippen molar-refractivity contribution >= 4 is 62.3 Å². The van der Waals surface area contributed by atoms with Crippen molar-refractivity contribution in [3.8, 4) is 0 Å². The Morgan fingerprint density at radius 2 is 1.70 bits per heavy atom. The van der Waals surface area contributed by atoms with Crippen LogP contribution in [0.15, 0.2) is 102 Å². The zero-order valence-electron chi connectivity index (χ0n) is 25.7. The highest BCUT2D eigenvalue weighted by Gasteiger charge is 2.30. The predicted octanol–water partition coefficient (Wildman–Crippen LogP) is 8.01. The fraction of sp³-hybridized carbons (Fsp3) is 0.216. The molecule has 0 saturated carbocycles. The molecule has 4 aromatic carbocycles. The van der Waals surface area contributed by atoms with Gasteiger partial charge in [0.25, 0.3) is 5.91 Å². The summed E-state index contributed by atoms with van der Waals surface area (Å²) in [5, 5.41) is 8.27. The van der Waals surface area contributed by atoms with Gasteiger partial charge in [-0.15, -0.1) is 23.1 Å². The molecule has 6 rings (SSSR count). The molecule has 2 N–H and O–H groups in total. The van der Waals surface area contributed by atoms with E-state index in [0.29, 0.717) is 41.2 Å². The summed E-state index contributed by atoms with van der Waals surface area (Å²) in [4.78, 5) is 43.9. The normalized spacial score (nSPS) is 13.5. The number of nitrogens with one attached hydrogen (secondary N) is 2. The van der Waals surface area contributed by atoms with E-state index in [0.717, 1.165) is 39.2 Å². The van der Waals surface area contributed by atoms with Crippen LogP contribution in [0.5, 0.6) is 0 Å². The Bertz CT molecular complexity index is 1890. The van der Waals surface area contributed by atoms with Crippen molar-refractivity contribution in [1.82, 2.24) is 4.90 Å². The first-order valence-electron chi connectivity index (χ1n) is 15.3. The quantitative estimate of drug-likeness (QED) is 0.118. The number of esters is 1. The fourth-order valence-electron chi connectivity index (χ4n) is 5.70. The summed E-state index contributed by atoms with van der Waals surface area (Å²) in [6.45, 7) is 4.31. The second kappa shape index (κ2) is 14.3. The molecule has 7 nitrogen and oxygen atoms in total. The maximum Gasteiger partial charge on any atom is 0.341 e. The predicted molar refractivity (Wildman–Crippen MR) is 187 cm³/mol. The van der Waals surface area contributed by atoms with E-state index in [1.165, 1.54) is 35.8 Å². The molecule has 5 aromatic rings. The molecule has 0 bridgehead atoms. The summed E-state index contributed by atoms with van der Waals surface area (Å²) in [5.41, 5.74) is 3.90. The molecule has 1 atom stereocenters. The van der Waals surface area contributed by atoms with Crippen LogP contribution in [0.1, 0.15) is 50.1 Å². The van der Waals surface area contributed by atoms with Gasteiger partial charge in [0.2, 0.25) is 5.91 Å². The van der Waals surface area contributed by atoms with Crippen molar-refractivity contribution in [2.75, 3.05) is 24.3 Å². The maximum atomic E-state index is 13.6. The van der Waals surface area contributed by atoms with Gasteiger partial charge in [-0.25, -0.2) is 4.79 Å². The minimum absolute atomic E-state index is 0.178. The van der Waals surface area contributed by atoms with Crippen molar-refractivity contribution < 1.29 is 19.1 Å². The van der Waals surface area contributed by atoms with Crippen molar-refractivity contribution in [2.45, 2.75) is 43.0 Å². The molecule has 0 spiro atoms. The second-order valence-electron chi connectivity index (χ2n) is 11.2. The third kappa shape index (κ3) is 7.17. The van der Waals surface area contributed by atoms with Gasteiger partial charge in [0.15, 0.2) is 0 Å². The number of nitrogens with zero attached hydrogens (tertiary/aromatic N) is 1. The third-order valence-electron chi connectivity index (χ3n) is 8.06. The van der Waals surface area contributed by atoms with Crippen LogP contribution in [0.4, 0.5) is 10.7 Å². The van der Waals surface area contributed by atoms with Crippen molar-refractivity contribution in [1.29, 1.82) is 0 Å². The fourth-order valence-corrected chi connectivity index (χ4v) is 7.99. The molecule has 0 aliphatic carbocycles. The number of thioether (sulfide) groups is 1. The van der Waals surface area contributed by atoms with Crippen LogP contribution < -0.4 is 10.6 Å². The number of rotatable bonds is 10. The van der Waals surface area contributed by atoms with E-state index >= 15 is 0 Å². The van der Waals surface area contributed by atoms with Gasteiger partial charge in [-0.2, -0.15) is 0 Å². The minimum atomic E-state index is -0.431. The largest absolute Gasteiger partial charge is 0.465 e. The number of carbonyl (C=O) groups is 3. The lowest BCUT2D eigenvalue weighted by atomic mass is 10.0. The molecule has 1 aliphatic rings. The maximum absolute atomic E-state index is 13.6. The molecular formula is C37H35N3O4S2. The summed E-state index contributed by atoms with van der Waals surface area (Å²) in [5.74, 6) is -0.806. The topological polar surface area (TPSA) is 87.7 Å². The Morgan fingerprint density at radius 3 is 2.48 bits per heavy atom. The highest BCUT2D eigenvalue weighted by atomic mass is 32.2. The molecular weight excluding hydrogens is 615 g/mol. The van der Waals surface area contributed by atoms with Crippen molar-refractivity contribution in [2.24, 2.45) is 0 Å². The molecule has 9 heteroatoms. The highest BCUT2D eigenvalue weighted by Crippen LogP contribution is 2.39. The summed E-state index contributed by atoms with van der Waals surface area (Å²) in [6.07, 6.45) is 1.29. The zero-order valence-corrected chi connectivity index (χ0v) is 27.4. The number of benzene rings is 4. The van der Waals surface area contributed by atoms with E-state index in [1.807, 2.05) is 91.9 Å². The molecule has 0 radical (unpaired) electrons. The standard InChI is InChI=1S/C37H35N3O4S2/c1-3-31(45-29-15-9-14-28(21-29)38-34(41)27-17-16-25-12-7-8-13-26(25)20-27)35(42)39-36-33(37(43)44-2)30-18-19-40(23-32(30)46-36)22-24-10-5-4-6-11-24/h4-17,20-21,31H,3,18-19,22-23H2,1-2H3,(H,38,41)(H,39,42). The number of fused-ring (bicyclic) bond motifs is 2. The SMILES string of the molecule is CCC(Sc1cccc(NC(=O)c2ccc3ccccc3c2)c1)C(=O)Nc1sc2c(c1C(=O)OC)CCN(Cc1ccccc1)C2. The number of methoxy groups -OCH3 is 1. The highest BCUT2D eigenvalue weighted by molar-refractivity contribution is 8.00. The number of hydrogen-bond donors (Lipinski definition) is 2. The molecule has 2 heterocycles. The third-order valence-corrected chi connectivity index (χ3v) is 10.5. The van der Waals surface area contributed by atoms with Gasteiger partial charge >= 0.3 is 5.97 Å². The number of anilines is 2. The molecule has 234 valence electrons. The van der Waals surface area contributed by atoms with Gasteiger partial charge in [-0.1, -0.05) is 73.7 Å². The number of hydrogen-bond acceptors (Lipinski definition) is 7. The van der Waals surface area contributed by atoms with Crippen molar-refractivity contribution in [3.63, 3.8) is 0 Å². The van der Waals surface area contributed by atoms with Crippen LogP contribution in [0.3, 0.4) is 0 Å². The van der Waals surface area contributed by atoms with Crippen LogP contribution in [0.2, 0.25) is 0 Å². The van der Waals surface area contributed by atoms with E-state index in [4.69, 9.17) is 4.74 Å². The lowest BCUT2D eigenvalue weighted by molar-refractivity contribution is -0.115. The number of ether oxygens (including phenoxy) is 1. The average molecular weight is 650 g/mol. The van der Waals surface area contributed by atoms with E-state index in [2.05, 4.69) is 27.7 Å². The molecule has 2 amide bonds. The number of carbonyl (C=O) groups excluding carboxylic acids is 3. The van der Waals surface area contributed by atoms with Crippen LogP contribution in [0.25, 0.3) is 10.8 Å². The number of thiophene rings is 1. The first kappa shape index (κ1) is 31.5. The van der Waals surface area contributed by atoms with Gasteiger partial charge in [-0.3, -0.25) is 14.5 Å². The molecule has 1 unspecified atom stereocenters. The van der Waals surface area contributed by atoms with Gasteiger partial charge in [0.05, 0.1) is 17.9 Å². The van der Waals surface area contributed by atoms with Gasteiger partial charge in [0, 0.05) is 40.7 Å².